The van der Waals surface area contributed by atoms with Gasteiger partial charge in [-0.1, -0.05) is 6.07 Å². The van der Waals surface area contributed by atoms with Crippen molar-refractivity contribution in [2.75, 3.05) is 26.2 Å². The molecule has 1 aromatic heterocycles. The van der Waals surface area contributed by atoms with Gasteiger partial charge in [-0.2, -0.15) is 18.4 Å². The third-order valence-electron chi connectivity index (χ3n) is 4.58. The van der Waals surface area contributed by atoms with Gasteiger partial charge in [0.05, 0.1) is 22.9 Å². The normalized spacial score (nSPS) is 16.3. The molecule has 142 valence electrons. The number of nitriles is 1. The Labute approximate surface area is 154 Å². The van der Waals surface area contributed by atoms with Crippen molar-refractivity contribution in [3.63, 3.8) is 0 Å². The molecule has 1 aromatic carbocycles. The molecule has 4 nitrogen and oxygen atoms in total. The van der Waals surface area contributed by atoms with Crippen LogP contribution in [0.2, 0.25) is 0 Å². The van der Waals surface area contributed by atoms with Crippen LogP contribution in [0, 0.1) is 17.1 Å². The fraction of sp³-hybridized carbons (Fsp3) is 0.368. The molecule has 0 atom stereocenters. The highest BCUT2D eigenvalue weighted by molar-refractivity contribution is 5.32. The largest absolute Gasteiger partial charge is 0.417 e. The first kappa shape index (κ1) is 19.3. The summed E-state index contributed by atoms with van der Waals surface area (Å²) in [6.07, 6.45) is -3.52. The highest BCUT2D eigenvalue weighted by Crippen LogP contribution is 2.28. The molecule has 2 aromatic rings. The molecular weight excluding hydrogens is 360 g/mol. The summed E-state index contributed by atoms with van der Waals surface area (Å²) in [5.74, 6) is -0.384. The highest BCUT2D eigenvalue weighted by Gasteiger charge is 2.30. The maximum absolute atomic E-state index is 14.0. The monoisotopic (exact) mass is 378 g/mol. The molecule has 0 unspecified atom stereocenters. The smallest absolute Gasteiger partial charge is 0.296 e. The molecule has 0 aliphatic carbocycles. The van der Waals surface area contributed by atoms with Crippen LogP contribution in [0.15, 0.2) is 36.5 Å². The van der Waals surface area contributed by atoms with Gasteiger partial charge in [0, 0.05) is 51.0 Å². The maximum atomic E-state index is 14.0. The number of aromatic nitrogens is 1. The van der Waals surface area contributed by atoms with Crippen LogP contribution in [0.4, 0.5) is 17.6 Å². The summed E-state index contributed by atoms with van der Waals surface area (Å²) < 4.78 is 51.7. The van der Waals surface area contributed by atoms with Gasteiger partial charge in [-0.05, 0) is 24.3 Å². The quantitative estimate of drug-likeness (QED) is 0.765. The van der Waals surface area contributed by atoms with Gasteiger partial charge in [0.15, 0.2) is 0 Å². The molecule has 1 saturated heterocycles. The third-order valence-corrected chi connectivity index (χ3v) is 4.58. The van der Waals surface area contributed by atoms with E-state index < -0.39 is 11.7 Å². The van der Waals surface area contributed by atoms with Crippen molar-refractivity contribution in [1.82, 2.24) is 14.8 Å². The van der Waals surface area contributed by atoms with Crippen LogP contribution >= 0.6 is 0 Å². The summed E-state index contributed by atoms with van der Waals surface area (Å²) in [7, 11) is 0. The second-order valence-electron chi connectivity index (χ2n) is 6.51. The first-order valence-electron chi connectivity index (χ1n) is 8.50. The van der Waals surface area contributed by atoms with Gasteiger partial charge in [0.1, 0.15) is 5.82 Å². The van der Waals surface area contributed by atoms with Crippen LogP contribution in [-0.4, -0.2) is 41.0 Å². The summed E-state index contributed by atoms with van der Waals surface area (Å²) in [4.78, 5) is 8.13. The van der Waals surface area contributed by atoms with Gasteiger partial charge in [0.25, 0.3) is 0 Å². The Morgan fingerprint density at radius 2 is 1.67 bits per heavy atom. The van der Waals surface area contributed by atoms with E-state index in [4.69, 9.17) is 5.26 Å². The predicted octanol–water partition coefficient (Wildman–Crippen LogP) is 3.43. The van der Waals surface area contributed by atoms with Gasteiger partial charge in [-0.3, -0.25) is 14.8 Å². The number of alkyl halides is 3. The van der Waals surface area contributed by atoms with Crippen molar-refractivity contribution in [3.8, 4) is 6.07 Å². The number of nitrogens with zero attached hydrogens (tertiary/aromatic N) is 4. The first-order valence-corrected chi connectivity index (χ1v) is 8.50. The summed E-state index contributed by atoms with van der Waals surface area (Å²) in [6, 6.07) is 8.83. The molecular formula is C19H18F4N4. The van der Waals surface area contributed by atoms with Crippen LogP contribution in [0.5, 0.6) is 0 Å². The lowest BCUT2D eigenvalue weighted by atomic mass is 10.1. The van der Waals surface area contributed by atoms with E-state index in [1.807, 2.05) is 6.07 Å². The molecule has 0 spiro atoms. The number of hydrogen-bond acceptors (Lipinski definition) is 4. The zero-order valence-electron chi connectivity index (χ0n) is 14.5. The second-order valence-corrected chi connectivity index (χ2v) is 6.51. The van der Waals surface area contributed by atoms with Crippen LogP contribution in [0.1, 0.15) is 22.4 Å². The highest BCUT2D eigenvalue weighted by atomic mass is 19.4. The topological polar surface area (TPSA) is 43.2 Å². The minimum atomic E-state index is -4.38. The van der Waals surface area contributed by atoms with Gasteiger partial charge in [0.2, 0.25) is 0 Å². The number of pyridine rings is 1. The van der Waals surface area contributed by atoms with Crippen molar-refractivity contribution < 1.29 is 17.6 Å². The summed E-state index contributed by atoms with van der Waals surface area (Å²) in [5.41, 5.74) is 0.687. The number of halogens is 4. The lowest BCUT2D eigenvalue weighted by molar-refractivity contribution is -0.137. The number of piperazine rings is 1. The Kier molecular flexibility index (Phi) is 5.73. The van der Waals surface area contributed by atoms with Crippen molar-refractivity contribution >= 4 is 0 Å². The number of rotatable bonds is 4. The van der Waals surface area contributed by atoms with E-state index in [2.05, 4.69) is 14.8 Å². The first-order chi connectivity index (χ1) is 12.8. The summed E-state index contributed by atoms with van der Waals surface area (Å²) >= 11 is 0. The third kappa shape index (κ3) is 5.02. The van der Waals surface area contributed by atoms with Gasteiger partial charge in [-0.25, -0.2) is 4.39 Å². The zero-order valence-corrected chi connectivity index (χ0v) is 14.5. The van der Waals surface area contributed by atoms with Crippen molar-refractivity contribution in [2.24, 2.45) is 0 Å². The lowest BCUT2D eigenvalue weighted by Gasteiger charge is -2.34. The van der Waals surface area contributed by atoms with Crippen molar-refractivity contribution in [2.45, 2.75) is 19.3 Å². The van der Waals surface area contributed by atoms with E-state index >= 15 is 0 Å². The molecule has 3 rings (SSSR count). The molecule has 0 radical (unpaired) electrons. The average Bonchev–Trinajstić information content (AvgIpc) is 2.64. The average molecular weight is 378 g/mol. The van der Waals surface area contributed by atoms with E-state index in [1.165, 1.54) is 12.1 Å². The van der Waals surface area contributed by atoms with E-state index in [0.29, 0.717) is 29.9 Å². The van der Waals surface area contributed by atoms with Crippen LogP contribution < -0.4 is 0 Å². The Morgan fingerprint density at radius 1 is 1.00 bits per heavy atom. The van der Waals surface area contributed by atoms with Gasteiger partial charge < -0.3 is 0 Å². The van der Waals surface area contributed by atoms with Crippen LogP contribution in [0.25, 0.3) is 0 Å². The van der Waals surface area contributed by atoms with Crippen LogP contribution in [-0.2, 0) is 19.3 Å². The van der Waals surface area contributed by atoms with Gasteiger partial charge in [-0.15, -0.1) is 0 Å². The molecule has 2 heterocycles. The van der Waals surface area contributed by atoms with Gasteiger partial charge >= 0.3 is 6.18 Å². The molecule has 8 heteroatoms. The predicted molar refractivity (Wildman–Crippen MR) is 90.9 cm³/mol. The Bertz CT molecular complexity index is 819. The zero-order chi connectivity index (χ0) is 19.4. The molecule has 0 saturated carbocycles. The summed E-state index contributed by atoms with van der Waals surface area (Å²) in [5, 5.41) is 8.79. The minimum absolute atomic E-state index is 0.296. The molecule has 0 bridgehead atoms. The Hall–Kier alpha value is -2.50. The van der Waals surface area contributed by atoms with E-state index in [-0.39, 0.29) is 5.82 Å². The van der Waals surface area contributed by atoms with Crippen molar-refractivity contribution in [1.29, 1.82) is 5.26 Å². The summed E-state index contributed by atoms with van der Waals surface area (Å²) in [6.45, 7) is 3.84. The van der Waals surface area contributed by atoms with Crippen molar-refractivity contribution in [3.05, 3.63) is 64.7 Å². The number of hydrogen-bond donors (Lipinski definition) is 0. The second kappa shape index (κ2) is 8.03. The number of benzene rings is 1. The fourth-order valence-corrected chi connectivity index (χ4v) is 3.01. The maximum Gasteiger partial charge on any atom is 0.417 e. The Balaban J connectivity index is 1.51. The molecule has 0 N–H and O–H groups in total. The molecule has 27 heavy (non-hydrogen) atoms. The fourth-order valence-electron chi connectivity index (χ4n) is 3.01. The lowest BCUT2D eigenvalue weighted by Crippen LogP contribution is -2.45. The molecule has 0 amide bonds. The van der Waals surface area contributed by atoms with Crippen LogP contribution in [0.3, 0.4) is 0 Å². The molecule has 1 aliphatic rings. The SMILES string of the molecule is N#Cc1ccc(CN2CCN(Cc3ccc(C(F)(F)F)cn3)CC2)c(F)c1. The van der Waals surface area contributed by atoms with E-state index in [0.717, 1.165) is 38.4 Å². The minimum Gasteiger partial charge on any atom is -0.296 e. The van der Waals surface area contributed by atoms with E-state index in [1.54, 1.807) is 12.1 Å². The standard InChI is InChI=1S/C19H18F4N4/c20-18-9-14(10-24)1-2-15(18)12-26-5-7-27(8-6-26)13-17-4-3-16(11-25-17)19(21,22)23/h1-4,9,11H,5-8,12-13H2. The Morgan fingerprint density at radius 3 is 2.19 bits per heavy atom. The molecule has 1 aliphatic heterocycles. The van der Waals surface area contributed by atoms with E-state index in [9.17, 15) is 17.6 Å². The molecule has 1 fully saturated rings.